The molecule has 0 amide bonds. The Morgan fingerprint density at radius 2 is 1.81 bits per heavy atom. The predicted molar refractivity (Wildman–Crippen MR) is 98.5 cm³/mol. The minimum atomic E-state index is 0. The molecule has 3 nitrogen and oxygen atoms in total. The second kappa shape index (κ2) is 8.00. The van der Waals surface area contributed by atoms with Crippen LogP contribution in [0.4, 0.5) is 0 Å². The summed E-state index contributed by atoms with van der Waals surface area (Å²) in [7, 11) is 0. The zero-order valence-corrected chi connectivity index (χ0v) is 16.6. The first-order valence-corrected chi connectivity index (χ1v) is 9.05. The number of fused-ring (bicyclic) bond motifs is 1. The van der Waals surface area contributed by atoms with Crippen molar-refractivity contribution in [1.29, 1.82) is 0 Å². The monoisotopic (exact) mass is 410 g/mol. The molecule has 4 rings (SSSR count). The molecule has 0 unspecified atom stereocenters. The number of carbonyl (C=O) groups is 1. The molecule has 26 heavy (non-hydrogen) atoms. The average Bonchev–Trinajstić information content (AvgIpc) is 3.26. The van der Waals surface area contributed by atoms with Crippen molar-refractivity contribution in [3.63, 3.8) is 0 Å². The largest absolute Gasteiger partial charge is 1.00 e. The maximum atomic E-state index is 12.7. The highest BCUT2D eigenvalue weighted by atomic mass is 79.9. The first-order chi connectivity index (χ1) is 12.3. The van der Waals surface area contributed by atoms with Gasteiger partial charge in [-0.25, -0.2) is 9.13 Å². The summed E-state index contributed by atoms with van der Waals surface area (Å²) in [5.74, 6) is 1.44. The second-order valence-corrected chi connectivity index (χ2v) is 6.65. The molecule has 0 saturated carbocycles. The molecule has 0 aliphatic carbocycles. The lowest BCUT2D eigenvalue weighted by Crippen LogP contribution is -3.00. The Labute approximate surface area is 165 Å². The lowest BCUT2D eigenvalue weighted by atomic mass is 10.1. The van der Waals surface area contributed by atoms with E-state index in [0.29, 0.717) is 6.54 Å². The molecule has 2 aromatic carbocycles. The fraction of sp³-hybridized carbons (Fsp3) is 0.273. The molecule has 1 aromatic heterocycles. The Bertz CT molecular complexity index is 898. The van der Waals surface area contributed by atoms with E-state index in [0.717, 1.165) is 31.4 Å². The maximum Gasteiger partial charge on any atom is 0.257 e. The second-order valence-electron chi connectivity index (χ2n) is 6.65. The first-order valence-electron chi connectivity index (χ1n) is 9.05. The van der Waals surface area contributed by atoms with Gasteiger partial charge in [0.15, 0.2) is 12.2 Å². The molecule has 134 valence electrons. The van der Waals surface area contributed by atoms with Crippen molar-refractivity contribution in [3.8, 4) is 11.3 Å². The van der Waals surface area contributed by atoms with Crippen LogP contribution in [-0.4, -0.2) is 10.4 Å². The fourth-order valence-corrected chi connectivity index (χ4v) is 3.66. The van der Waals surface area contributed by atoms with Crippen LogP contribution in [-0.2, 0) is 25.9 Å². The Morgan fingerprint density at radius 3 is 2.50 bits per heavy atom. The van der Waals surface area contributed by atoms with Gasteiger partial charge in [-0.2, -0.15) is 0 Å². The van der Waals surface area contributed by atoms with Crippen molar-refractivity contribution < 1.29 is 26.3 Å². The van der Waals surface area contributed by atoms with Crippen molar-refractivity contribution in [2.45, 2.75) is 39.3 Å². The molecule has 0 bridgehead atoms. The van der Waals surface area contributed by atoms with Crippen LogP contribution in [0.15, 0.2) is 60.8 Å². The number of rotatable bonds is 5. The lowest BCUT2D eigenvalue weighted by molar-refractivity contribution is -0.689. The van der Waals surface area contributed by atoms with Gasteiger partial charge in [0, 0.05) is 11.1 Å². The molecular formula is C22H23BrN2O. The number of hydrogen-bond acceptors (Lipinski definition) is 1. The number of carbonyl (C=O) groups excluding carboxylic acids is 1. The SMILES string of the molecule is CCc1ccc(C(=O)C[n+]2cc(-c3ccccc3)n3c2CCC3)cc1.[Br-]. The Balaban J connectivity index is 0.00000196. The van der Waals surface area contributed by atoms with E-state index in [-0.39, 0.29) is 22.8 Å². The van der Waals surface area contributed by atoms with E-state index < -0.39 is 0 Å². The molecule has 0 atom stereocenters. The molecule has 0 spiro atoms. The number of nitrogens with zero attached hydrogens (tertiary/aromatic N) is 2. The molecule has 1 aliphatic heterocycles. The number of hydrogen-bond donors (Lipinski definition) is 0. The van der Waals surface area contributed by atoms with E-state index >= 15 is 0 Å². The van der Waals surface area contributed by atoms with Gasteiger partial charge in [-0.05, 0) is 18.4 Å². The van der Waals surface area contributed by atoms with Crippen molar-refractivity contribution >= 4 is 5.78 Å². The Kier molecular flexibility index (Phi) is 5.72. The Hall–Kier alpha value is -2.20. The summed E-state index contributed by atoms with van der Waals surface area (Å²) in [5.41, 5.74) is 4.48. The van der Waals surface area contributed by atoms with Gasteiger partial charge >= 0.3 is 0 Å². The minimum absolute atomic E-state index is 0. The van der Waals surface area contributed by atoms with Gasteiger partial charge in [0.2, 0.25) is 5.78 Å². The van der Waals surface area contributed by atoms with Crippen LogP contribution in [0.25, 0.3) is 11.3 Å². The van der Waals surface area contributed by atoms with Crippen LogP contribution >= 0.6 is 0 Å². The van der Waals surface area contributed by atoms with Crippen LogP contribution in [0, 0.1) is 0 Å². The fourth-order valence-electron chi connectivity index (χ4n) is 3.66. The molecule has 0 N–H and O–H groups in total. The molecule has 3 aromatic rings. The molecule has 1 aliphatic rings. The standard InChI is InChI=1S/C22H23N2O.BrH/c1-2-17-10-12-19(13-11-17)21(25)16-23-15-20(18-7-4-3-5-8-18)24-14-6-9-22(23)24;/h3-5,7-8,10-13,15H,2,6,9,14,16H2,1H3;1H/q+1;/p-1. The number of halogens is 1. The van der Waals surface area contributed by atoms with Crippen molar-refractivity contribution in [1.82, 2.24) is 4.57 Å². The molecule has 4 heteroatoms. The van der Waals surface area contributed by atoms with E-state index in [1.54, 1.807) is 0 Å². The summed E-state index contributed by atoms with van der Waals surface area (Å²) in [5, 5.41) is 0. The van der Waals surface area contributed by atoms with Gasteiger partial charge in [-0.1, -0.05) is 61.5 Å². The zero-order valence-electron chi connectivity index (χ0n) is 15.0. The van der Waals surface area contributed by atoms with E-state index in [9.17, 15) is 4.79 Å². The number of aryl methyl sites for hydroxylation is 1. The number of ketones is 1. The summed E-state index contributed by atoms with van der Waals surface area (Å²) in [6.07, 6.45) is 5.32. The van der Waals surface area contributed by atoms with Gasteiger partial charge in [0.25, 0.3) is 5.82 Å². The molecular weight excluding hydrogens is 388 g/mol. The van der Waals surface area contributed by atoms with Gasteiger partial charge in [-0.3, -0.25) is 4.79 Å². The van der Waals surface area contributed by atoms with E-state index in [1.165, 1.54) is 22.6 Å². The van der Waals surface area contributed by atoms with Crippen molar-refractivity contribution in [2.75, 3.05) is 0 Å². The summed E-state index contributed by atoms with van der Waals surface area (Å²) in [4.78, 5) is 12.7. The van der Waals surface area contributed by atoms with Crippen LogP contribution in [0.5, 0.6) is 0 Å². The van der Waals surface area contributed by atoms with Crippen LogP contribution in [0.3, 0.4) is 0 Å². The van der Waals surface area contributed by atoms with Crippen molar-refractivity contribution in [3.05, 3.63) is 77.7 Å². The Morgan fingerprint density at radius 1 is 1.08 bits per heavy atom. The normalized spacial score (nSPS) is 12.5. The maximum absolute atomic E-state index is 12.7. The smallest absolute Gasteiger partial charge is 0.257 e. The summed E-state index contributed by atoms with van der Waals surface area (Å²) < 4.78 is 4.51. The topological polar surface area (TPSA) is 25.9 Å². The van der Waals surface area contributed by atoms with Gasteiger partial charge < -0.3 is 17.0 Å². The zero-order chi connectivity index (χ0) is 17.2. The van der Waals surface area contributed by atoms with E-state index in [2.05, 4.69) is 58.7 Å². The summed E-state index contributed by atoms with van der Waals surface area (Å²) in [6.45, 7) is 3.57. The third-order valence-electron chi connectivity index (χ3n) is 5.06. The molecule has 0 saturated heterocycles. The summed E-state index contributed by atoms with van der Waals surface area (Å²) in [6, 6.07) is 18.5. The van der Waals surface area contributed by atoms with Gasteiger partial charge in [-0.15, -0.1) is 0 Å². The third-order valence-corrected chi connectivity index (χ3v) is 5.06. The quantitative estimate of drug-likeness (QED) is 0.452. The molecule has 0 radical (unpaired) electrons. The summed E-state index contributed by atoms with van der Waals surface area (Å²) >= 11 is 0. The van der Waals surface area contributed by atoms with E-state index in [1.807, 2.05) is 18.2 Å². The molecule has 0 fully saturated rings. The number of aromatic nitrogens is 2. The average molecular weight is 411 g/mol. The molecule has 2 heterocycles. The van der Waals surface area contributed by atoms with Crippen molar-refractivity contribution in [2.24, 2.45) is 0 Å². The number of Topliss-reactive ketones (excluding diaryl/α,β-unsaturated/α-hetero) is 1. The van der Waals surface area contributed by atoms with Crippen LogP contribution in [0.1, 0.15) is 35.1 Å². The van der Waals surface area contributed by atoms with Gasteiger partial charge in [0.1, 0.15) is 6.20 Å². The van der Waals surface area contributed by atoms with Gasteiger partial charge in [0.05, 0.1) is 13.0 Å². The highest BCUT2D eigenvalue weighted by molar-refractivity contribution is 5.95. The lowest BCUT2D eigenvalue weighted by Gasteiger charge is -2.02. The van der Waals surface area contributed by atoms with Crippen LogP contribution in [0.2, 0.25) is 0 Å². The highest BCUT2D eigenvalue weighted by Crippen LogP contribution is 2.24. The van der Waals surface area contributed by atoms with E-state index in [4.69, 9.17) is 0 Å². The highest BCUT2D eigenvalue weighted by Gasteiger charge is 2.29. The first kappa shape index (κ1) is 18.6. The number of imidazole rings is 1. The third kappa shape index (κ3) is 3.51. The minimum Gasteiger partial charge on any atom is -1.00 e. The predicted octanol–water partition coefficient (Wildman–Crippen LogP) is 0.838. The van der Waals surface area contributed by atoms with Crippen LogP contribution < -0.4 is 21.5 Å². The number of benzene rings is 2.